The van der Waals surface area contributed by atoms with Crippen LogP contribution in [0.15, 0.2) is 85.1 Å². The second kappa shape index (κ2) is 12.4. The lowest BCUT2D eigenvalue weighted by Gasteiger charge is -2.47. The molecule has 7 rings (SSSR count). The van der Waals surface area contributed by atoms with E-state index in [-0.39, 0.29) is 11.5 Å². The predicted molar refractivity (Wildman–Crippen MR) is 186 cm³/mol. The van der Waals surface area contributed by atoms with Crippen molar-refractivity contribution in [2.45, 2.75) is 58.6 Å². The van der Waals surface area contributed by atoms with Crippen LogP contribution in [0.2, 0.25) is 0 Å². The van der Waals surface area contributed by atoms with Crippen LogP contribution in [0.5, 0.6) is 0 Å². The number of pyridine rings is 2. The van der Waals surface area contributed by atoms with Crippen LogP contribution in [0.1, 0.15) is 52.0 Å². The van der Waals surface area contributed by atoms with Gasteiger partial charge in [-0.15, -0.1) is 0 Å². The van der Waals surface area contributed by atoms with Gasteiger partial charge >= 0.3 is 6.09 Å². The minimum Gasteiger partial charge on any atom is -0.444 e. The van der Waals surface area contributed by atoms with Crippen molar-refractivity contribution in [1.82, 2.24) is 29.3 Å². The van der Waals surface area contributed by atoms with Gasteiger partial charge in [-0.1, -0.05) is 42.5 Å². The molecule has 1 spiro atoms. The van der Waals surface area contributed by atoms with Gasteiger partial charge in [0.2, 0.25) is 0 Å². The molecule has 47 heavy (non-hydrogen) atoms. The number of fused-ring (bicyclic) bond motifs is 1. The number of aromatic nitrogens is 4. The van der Waals surface area contributed by atoms with Crippen LogP contribution in [-0.4, -0.2) is 67.2 Å². The van der Waals surface area contributed by atoms with Gasteiger partial charge < -0.3 is 15.4 Å². The van der Waals surface area contributed by atoms with Crippen LogP contribution in [-0.2, 0) is 11.3 Å². The van der Waals surface area contributed by atoms with E-state index in [4.69, 9.17) is 20.4 Å². The molecule has 1 amide bonds. The summed E-state index contributed by atoms with van der Waals surface area (Å²) in [6.07, 6.45) is 5.92. The first-order chi connectivity index (χ1) is 22.7. The van der Waals surface area contributed by atoms with Crippen LogP contribution in [0.25, 0.3) is 39.5 Å². The average molecular weight is 630 g/mol. The molecule has 3 aromatic heterocycles. The number of benzene rings is 2. The predicted octanol–water partition coefficient (Wildman–Crippen LogP) is 7.34. The maximum absolute atomic E-state index is 12.8. The van der Waals surface area contributed by atoms with E-state index in [1.54, 1.807) is 6.20 Å². The summed E-state index contributed by atoms with van der Waals surface area (Å²) < 4.78 is 7.78. The second-order valence-corrected chi connectivity index (χ2v) is 14.1. The Morgan fingerprint density at radius 2 is 1.66 bits per heavy atom. The van der Waals surface area contributed by atoms with Gasteiger partial charge in [0.1, 0.15) is 16.9 Å². The molecular weight excluding hydrogens is 586 g/mol. The highest BCUT2D eigenvalue weighted by Crippen LogP contribution is 2.40. The van der Waals surface area contributed by atoms with Gasteiger partial charge in [-0.25, -0.2) is 19.7 Å². The van der Waals surface area contributed by atoms with Crippen LogP contribution >= 0.6 is 0 Å². The Morgan fingerprint density at radius 3 is 2.38 bits per heavy atom. The van der Waals surface area contributed by atoms with Crippen molar-refractivity contribution in [3.8, 4) is 28.3 Å². The first kappa shape index (κ1) is 30.9. The number of anilines is 1. The van der Waals surface area contributed by atoms with Crippen molar-refractivity contribution in [1.29, 1.82) is 0 Å². The number of hydrogen-bond donors (Lipinski definition) is 1. The molecule has 5 aromatic rings. The lowest BCUT2D eigenvalue weighted by molar-refractivity contribution is -0.0122. The van der Waals surface area contributed by atoms with Gasteiger partial charge in [-0.2, -0.15) is 0 Å². The Morgan fingerprint density at radius 1 is 0.894 bits per heavy atom. The van der Waals surface area contributed by atoms with Crippen LogP contribution < -0.4 is 5.73 Å². The van der Waals surface area contributed by atoms with Crippen LogP contribution in [0, 0.1) is 5.41 Å². The molecule has 0 saturated carbocycles. The summed E-state index contributed by atoms with van der Waals surface area (Å²) in [4.78, 5) is 31.7. The van der Waals surface area contributed by atoms with E-state index < -0.39 is 5.60 Å². The van der Waals surface area contributed by atoms with Crippen molar-refractivity contribution in [3.63, 3.8) is 0 Å². The molecule has 0 radical (unpaired) electrons. The molecule has 9 heteroatoms. The summed E-state index contributed by atoms with van der Waals surface area (Å²) in [6.45, 7) is 10.3. The molecular formula is C38H43N7O2. The van der Waals surface area contributed by atoms with Gasteiger partial charge in [0, 0.05) is 37.1 Å². The van der Waals surface area contributed by atoms with Crippen molar-refractivity contribution in [2.75, 3.05) is 31.9 Å². The van der Waals surface area contributed by atoms with E-state index in [0.717, 1.165) is 85.7 Å². The fraction of sp³-hybridized carbons (Fsp3) is 0.368. The largest absolute Gasteiger partial charge is 0.444 e. The molecule has 5 heterocycles. The molecule has 0 aliphatic carbocycles. The van der Waals surface area contributed by atoms with Gasteiger partial charge in [0.05, 0.1) is 11.3 Å². The zero-order valence-corrected chi connectivity index (χ0v) is 27.5. The van der Waals surface area contributed by atoms with E-state index in [9.17, 15) is 4.79 Å². The zero-order valence-electron chi connectivity index (χ0n) is 27.5. The summed E-state index contributed by atoms with van der Waals surface area (Å²) in [5.74, 6) is 1.14. The fourth-order valence-corrected chi connectivity index (χ4v) is 7.05. The van der Waals surface area contributed by atoms with Crippen molar-refractivity contribution < 1.29 is 9.53 Å². The van der Waals surface area contributed by atoms with E-state index in [1.807, 2.05) is 68.1 Å². The third-order valence-electron chi connectivity index (χ3n) is 9.48. The first-order valence-electron chi connectivity index (χ1n) is 16.6. The average Bonchev–Trinajstić information content (AvgIpc) is 3.45. The molecule has 0 unspecified atom stereocenters. The van der Waals surface area contributed by atoms with Crippen molar-refractivity contribution in [3.05, 3.63) is 90.6 Å². The summed E-state index contributed by atoms with van der Waals surface area (Å²) in [7, 11) is 0. The SMILES string of the molecule is CC(C)(C)OC(=O)N1CCCC2(CCN(Cc3ccc(-n4c(-c5cccnc5N)nc5ccc(-c6ccccc6)nc54)cc3)CC2)C1. The number of ether oxygens (including phenoxy) is 1. The molecule has 0 bridgehead atoms. The van der Waals surface area contributed by atoms with E-state index in [2.05, 4.69) is 50.8 Å². The van der Waals surface area contributed by atoms with E-state index in [0.29, 0.717) is 11.6 Å². The lowest BCUT2D eigenvalue weighted by Crippen LogP contribution is -2.51. The van der Waals surface area contributed by atoms with E-state index >= 15 is 0 Å². The number of carbonyl (C=O) groups is 1. The smallest absolute Gasteiger partial charge is 0.410 e. The standard InChI is InChI=1S/C38H43N7O2/c1-37(2,3)47-36(46)44-22-8-18-38(26-44)19-23-43(24-20-38)25-27-12-14-29(15-13-27)45-34(30-11-7-21-40-33(30)39)42-32-17-16-31(41-35(32)45)28-9-5-4-6-10-28/h4-7,9-17,21H,8,18-20,22-26H2,1-3H3,(H2,39,40). The number of carbonyl (C=O) groups excluding carboxylic acids is 1. The van der Waals surface area contributed by atoms with Gasteiger partial charge in [0.15, 0.2) is 11.5 Å². The second-order valence-electron chi connectivity index (χ2n) is 14.1. The summed E-state index contributed by atoms with van der Waals surface area (Å²) in [6, 6.07) is 26.8. The number of amides is 1. The minimum atomic E-state index is -0.471. The molecule has 0 atom stereocenters. The fourth-order valence-electron chi connectivity index (χ4n) is 7.05. The third-order valence-corrected chi connectivity index (χ3v) is 9.48. The Hall–Kier alpha value is -4.76. The Kier molecular flexibility index (Phi) is 8.18. The number of nitrogen functional groups attached to an aromatic ring is 1. The topological polar surface area (TPSA) is 102 Å². The number of rotatable bonds is 5. The van der Waals surface area contributed by atoms with Crippen LogP contribution in [0.3, 0.4) is 0 Å². The van der Waals surface area contributed by atoms with Crippen molar-refractivity contribution >= 4 is 23.1 Å². The van der Waals surface area contributed by atoms with Gasteiger partial charge in [-0.3, -0.25) is 9.47 Å². The molecule has 242 valence electrons. The summed E-state index contributed by atoms with van der Waals surface area (Å²) in [5, 5.41) is 0. The Balaban J connectivity index is 1.10. The summed E-state index contributed by atoms with van der Waals surface area (Å²) >= 11 is 0. The number of imidazole rings is 1. The molecule has 2 aliphatic rings. The quantitative estimate of drug-likeness (QED) is 0.217. The third kappa shape index (κ3) is 6.58. The van der Waals surface area contributed by atoms with Crippen molar-refractivity contribution in [2.24, 2.45) is 5.41 Å². The molecule has 2 aromatic carbocycles. The highest BCUT2D eigenvalue weighted by Gasteiger charge is 2.40. The van der Waals surface area contributed by atoms with Crippen LogP contribution in [0.4, 0.5) is 10.6 Å². The zero-order chi connectivity index (χ0) is 32.6. The molecule has 2 aliphatic heterocycles. The molecule has 2 N–H and O–H groups in total. The highest BCUT2D eigenvalue weighted by atomic mass is 16.6. The number of piperidine rings is 2. The minimum absolute atomic E-state index is 0.175. The summed E-state index contributed by atoms with van der Waals surface area (Å²) in [5.41, 5.74) is 12.6. The maximum atomic E-state index is 12.8. The van der Waals surface area contributed by atoms with E-state index in [1.165, 1.54) is 12.0 Å². The number of nitrogens with zero attached hydrogens (tertiary/aromatic N) is 6. The molecule has 9 nitrogen and oxygen atoms in total. The monoisotopic (exact) mass is 629 g/mol. The Labute approximate surface area is 276 Å². The first-order valence-corrected chi connectivity index (χ1v) is 16.6. The maximum Gasteiger partial charge on any atom is 0.410 e. The lowest BCUT2D eigenvalue weighted by atomic mass is 9.72. The molecule has 2 saturated heterocycles. The number of likely N-dealkylation sites (tertiary alicyclic amines) is 2. The van der Waals surface area contributed by atoms with Gasteiger partial charge in [0.25, 0.3) is 0 Å². The normalized spacial score (nSPS) is 16.9. The number of nitrogens with two attached hydrogens (primary N) is 1. The Bertz CT molecular complexity index is 1870. The molecule has 2 fully saturated rings. The number of hydrogen-bond acceptors (Lipinski definition) is 7. The highest BCUT2D eigenvalue weighted by molar-refractivity contribution is 5.84. The van der Waals surface area contributed by atoms with Gasteiger partial charge in [-0.05, 0) is 107 Å².